The summed E-state index contributed by atoms with van der Waals surface area (Å²) in [4.78, 5) is 37.3. The summed E-state index contributed by atoms with van der Waals surface area (Å²) in [6, 6.07) is 9.65. The summed E-state index contributed by atoms with van der Waals surface area (Å²) < 4.78 is 5.50. The molecule has 0 unspecified atom stereocenters. The van der Waals surface area contributed by atoms with Gasteiger partial charge >= 0.3 is 5.97 Å². The van der Waals surface area contributed by atoms with Crippen LogP contribution in [0.2, 0.25) is 0 Å². The van der Waals surface area contributed by atoms with Crippen LogP contribution in [-0.4, -0.2) is 33.1 Å². The van der Waals surface area contributed by atoms with Crippen molar-refractivity contribution in [2.75, 3.05) is 0 Å². The number of hydrogen-bond acceptors (Lipinski definition) is 7. The molecule has 3 rings (SSSR count). The average molecular weight is 380 g/mol. The zero-order chi connectivity index (χ0) is 20.1. The van der Waals surface area contributed by atoms with Gasteiger partial charge in [0.2, 0.25) is 0 Å². The molecule has 0 bridgehead atoms. The minimum atomic E-state index is -1.32. The molecular formula is C18H12N4O6. The van der Waals surface area contributed by atoms with Gasteiger partial charge in [-0.15, -0.1) is 0 Å². The fourth-order valence-electron chi connectivity index (χ4n) is 2.32. The summed E-state index contributed by atoms with van der Waals surface area (Å²) in [5.41, 5.74) is 2.21. The Balaban J connectivity index is 1.78. The largest absolute Gasteiger partial charge is 0.478 e. The standard InChI is InChI=1S/C18H12N4O6/c23-17(11-2-1-7-19-9-11)21-20-10-13-4-6-16(28-13)14-5-3-12(22(26)27)8-15(14)18(24)25/h1-10H,(H,21,23)(H,24,25)/b20-10-. The molecule has 3 aromatic rings. The van der Waals surface area contributed by atoms with Crippen LogP contribution in [0.25, 0.3) is 11.3 Å². The normalized spacial score (nSPS) is 10.7. The first kappa shape index (κ1) is 18.5. The molecule has 0 atom stereocenters. The average Bonchev–Trinajstić information content (AvgIpc) is 3.16. The van der Waals surface area contributed by atoms with Gasteiger partial charge in [0, 0.05) is 30.1 Å². The van der Waals surface area contributed by atoms with Gasteiger partial charge in [-0.2, -0.15) is 5.10 Å². The van der Waals surface area contributed by atoms with Crippen molar-refractivity contribution in [3.63, 3.8) is 0 Å². The molecule has 10 heteroatoms. The van der Waals surface area contributed by atoms with Crippen LogP contribution in [0.1, 0.15) is 26.5 Å². The fourth-order valence-corrected chi connectivity index (χ4v) is 2.32. The van der Waals surface area contributed by atoms with E-state index < -0.39 is 16.8 Å². The number of benzene rings is 1. The fraction of sp³-hybridized carbons (Fsp3) is 0. The number of hydrazone groups is 1. The Morgan fingerprint density at radius 2 is 2.07 bits per heavy atom. The highest BCUT2D eigenvalue weighted by Gasteiger charge is 2.19. The molecule has 10 nitrogen and oxygen atoms in total. The molecule has 2 N–H and O–H groups in total. The third-order valence-electron chi connectivity index (χ3n) is 3.62. The maximum atomic E-state index is 11.9. The lowest BCUT2D eigenvalue weighted by atomic mass is 10.0. The SMILES string of the molecule is O=C(N/N=C\c1ccc(-c2ccc([N+](=O)[O-])cc2C(=O)O)o1)c1cccnc1. The number of pyridine rings is 1. The lowest BCUT2D eigenvalue weighted by Crippen LogP contribution is -2.17. The lowest BCUT2D eigenvalue weighted by molar-refractivity contribution is -0.384. The number of carbonyl (C=O) groups is 2. The number of non-ortho nitro benzene ring substituents is 1. The van der Waals surface area contributed by atoms with E-state index in [1.165, 1.54) is 42.9 Å². The van der Waals surface area contributed by atoms with Gasteiger partial charge in [0.15, 0.2) is 0 Å². The molecule has 0 radical (unpaired) electrons. The van der Waals surface area contributed by atoms with Crippen LogP contribution in [0.3, 0.4) is 0 Å². The summed E-state index contributed by atoms with van der Waals surface area (Å²) in [5, 5.41) is 23.9. The maximum absolute atomic E-state index is 11.9. The summed E-state index contributed by atoms with van der Waals surface area (Å²) in [6.07, 6.45) is 4.16. The number of hydrogen-bond donors (Lipinski definition) is 2. The summed E-state index contributed by atoms with van der Waals surface area (Å²) in [7, 11) is 0. The Kier molecular flexibility index (Phi) is 5.21. The molecule has 1 aromatic carbocycles. The van der Waals surface area contributed by atoms with Crippen molar-refractivity contribution >= 4 is 23.8 Å². The molecule has 2 aromatic heterocycles. The van der Waals surface area contributed by atoms with E-state index in [2.05, 4.69) is 15.5 Å². The number of carboxylic acids is 1. The molecular weight excluding hydrogens is 368 g/mol. The Morgan fingerprint density at radius 1 is 1.25 bits per heavy atom. The molecule has 1 amide bonds. The third-order valence-corrected chi connectivity index (χ3v) is 3.62. The minimum absolute atomic E-state index is 0.178. The predicted octanol–water partition coefficient (Wildman–Crippen LogP) is 2.71. The second-order valence-electron chi connectivity index (χ2n) is 5.43. The van der Waals surface area contributed by atoms with Crippen LogP contribution in [0.15, 0.2) is 64.4 Å². The van der Waals surface area contributed by atoms with Crippen molar-refractivity contribution in [3.8, 4) is 11.3 Å². The number of rotatable bonds is 6. The Labute approximate surface area is 157 Å². The van der Waals surface area contributed by atoms with Gasteiger partial charge in [0.25, 0.3) is 11.6 Å². The highest BCUT2D eigenvalue weighted by atomic mass is 16.6. The summed E-state index contributed by atoms with van der Waals surface area (Å²) in [6.45, 7) is 0. The van der Waals surface area contributed by atoms with Crippen molar-refractivity contribution in [2.24, 2.45) is 5.10 Å². The molecule has 140 valence electrons. The van der Waals surface area contributed by atoms with Crippen molar-refractivity contribution in [3.05, 3.63) is 81.9 Å². The van der Waals surface area contributed by atoms with E-state index in [4.69, 9.17) is 4.42 Å². The van der Waals surface area contributed by atoms with Gasteiger partial charge in [0.05, 0.1) is 22.3 Å². The molecule has 0 aliphatic heterocycles. The Bertz CT molecular complexity index is 1070. The number of nitro benzene ring substituents is 1. The molecule has 28 heavy (non-hydrogen) atoms. The number of furan rings is 1. The highest BCUT2D eigenvalue weighted by molar-refractivity contribution is 5.96. The van der Waals surface area contributed by atoms with E-state index in [0.717, 1.165) is 6.07 Å². The van der Waals surface area contributed by atoms with Crippen LogP contribution < -0.4 is 5.43 Å². The van der Waals surface area contributed by atoms with Gasteiger partial charge < -0.3 is 9.52 Å². The monoisotopic (exact) mass is 380 g/mol. The number of amides is 1. The molecule has 0 aliphatic rings. The van der Waals surface area contributed by atoms with Crippen LogP contribution >= 0.6 is 0 Å². The minimum Gasteiger partial charge on any atom is -0.478 e. The van der Waals surface area contributed by atoms with E-state index in [1.807, 2.05) is 0 Å². The number of nitro groups is 1. The smallest absolute Gasteiger partial charge is 0.336 e. The van der Waals surface area contributed by atoms with Gasteiger partial charge in [0.1, 0.15) is 11.5 Å². The number of nitrogens with one attached hydrogen (secondary N) is 1. The molecule has 0 spiro atoms. The van der Waals surface area contributed by atoms with Crippen molar-refractivity contribution in [1.29, 1.82) is 0 Å². The number of carboxylic acid groups (broad SMARTS) is 1. The maximum Gasteiger partial charge on any atom is 0.336 e. The van der Waals surface area contributed by atoms with Gasteiger partial charge in [-0.1, -0.05) is 0 Å². The topological polar surface area (TPSA) is 148 Å². The molecule has 0 fully saturated rings. The van der Waals surface area contributed by atoms with Crippen molar-refractivity contribution < 1.29 is 24.0 Å². The van der Waals surface area contributed by atoms with Gasteiger partial charge in [-0.05, 0) is 30.3 Å². The number of carbonyl (C=O) groups excluding carboxylic acids is 1. The predicted molar refractivity (Wildman–Crippen MR) is 97.1 cm³/mol. The molecule has 2 heterocycles. The first-order valence-corrected chi connectivity index (χ1v) is 7.81. The quantitative estimate of drug-likeness (QED) is 0.379. The Morgan fingerprint density at radius 3 is 2.75 bits per heavy atom. The zero-order valence-corrected chi connectivity index (χ0v) is 14.1. The zero-order valence-electron chi connectivity index (χ0n) is 14.1. The highest BCUT2D eigenvalue weighted by Crippen LogP contribution is 2.28. The van der Waals surface area contributed by atoms with E-state index in [9.17, 15) is 24.8 Å². The van der Waals surface area contributed by atoms with E-state index in [-0.39, 0.29) is 28.3 Å². The number of nitrogens with zero attached hydrogens (tertiary/aromatic N) is 3. The Hall–Kier alpha value is -4.34. The molecule has 0 saturated heterocycles. The first-order valence-electron chi connectivity index (χ1n) is 7.81. The van der Waals surface area contributed by atoms with E-state index >= 15 is 0 Å². The summed E-state index contributed by atoms with van der Waals surface area (Å²) in [5.74, 6) is -1.35. The third kappa shape index (κ3) is 4.07. The van der Waals surface area contributed by atoms with E-state index in [1.54, 1.807) is 12.1 Å². The number of aromatic nitrogens is 1. The second-order valence-corrected chi connectivity index (χ2v) is 5.43. The lowest BCUT2D eigenvalue weighted by Gasteiger charge is -2.03. The molecule has 0 saturated carbocycles. The van der Waals surface area contributed by atoms with Crippen LogP contribution in [0.5, 0.6) is 0 Å². The molecule has 0 aliphatic carbocycles. The van der Waals surface area contributed by atoms with Crippen LogP contribution in [-0.2, 0) is 0 Å². The number of aromatic carboxylic acids is 1. The first-order chi connectivity index (χ1) is 13.5. The van der Waals surface area contributed by atoms with Crippen molar-refractivity contribution in [1.82, 2.24) is 10.4 Å². The van der Waals surface area contributed by atoms with Gasteiger partial charge in [-0.3, -0.25) is 19.9 Å². The van der Waals surface area contributed by atoms with E-state index in [0.29, 0.717) is 5.56 Å². The van der Waals surface area contributed by atoms with Crippen LogP contribution in [0.4, 0.5) is 5.69 Å². The van der Waals surface area contributed by atoms with Crippen LogP contribution in [0, 0.1) is 10.1 Å². The van der Waals surface area contributed by atoms with Crippen molar-refractivity contribution in [2.45, 2.75) is 0 Å². The van der Waals surface area contributed by atoms with Gasteiger partial charge in [-0.25, -0.2) is 10.2 Å². The second kappa shape index (κ2) is 7.91. The summed E-state index contributed by atoms with van der Waals surface area (Å²) >= 11 is 0.